The Kier molecular flexibility index (Phi) is 5.73. The molecule has 0 aliphatic carbocycles. The van der Waals surface area contributed by atoms with E-state index in [2.05, 4.69) is 13.5 Å². The van der Waals surface area contributed by atoms with Gasteiger partial charge in [0.15, 0.2) is 5.78 Å². The molecule has 0 saturated heterocycles. The number of allylic oxidation sites excluding steroid dienone is 1. The van der Waals surface area contributed by atoms with Crippen molar-refractivity contribution >= 4 is 17.5 Å². The second kappa shape index (κ2) is 5.89. The van der Waals surface area contributed by atoms with Gasteiger partial charge in [-0.3, -0.25) is 4.79 Å². The molecule has 0 heterocycles. The molecule has 0 rings (SSSR count). The Bertz CT molecular complexity index is 99.1. The molecule has 0 aliphatic heterocycles. The van der Waals surface area contributed by atoms with Crippen LogP contribution in [-0.2, 0) is 4.79 Å². The highest BCUT2D eigenvalue weighted by atomic mass is 32.2. The van der Waals surface area contributed by atoms with Crippen molar-refractivity contribution in [1.82, 2.24) is 0 Å². The van der Waals surface area contributed by atoms with Crippen molar-refractivity contribution in [2.45, 2.75) is 13.3 Å². The summed E-state index contributed by atoms with van der Waals surface area (Å²) in [6, 6.07) is 0. The number of hydrogen-bond acceptors (Lipinski definition) is 2. The van der Waals surface area contributed by atoms with Crippen LogP contribution in [-0.4, -0.2) is 17.3 Å². The highest BCUT2D eigenvalue weighted by molar-refractivity contribution is 7.99. The number of hydrogen-bond donors (Lipinski definition) is 0. The molecular formula is C7H12OS. The van der Waals surface area contributed by atoms with Gasteiger partial charge in [0, 0.05) is 0 Å². The maximum atomic E-state index is 10.5. The van der Waals surface area contributed by atoms with Gasteiger partial charge in [-0.2, -0.15) is 11.8 Å². The van der Waals surface area contributed by atoms with Crippen LogP contribution in [0.4, 0.5) is 0 Å². The summed E-state index contributed by atoms with van der Waals surface area (Å²) in [4.78, 5) is 10.5. The summed E-state index contributed by atoms with van der Waals surface area (Å²) in [7, 11) is 0. The van der Waals surface area contributed by atoms with Gasteiger partial charge in [-0.25, -0.2) is 0 Å². The van der Waals surface area contributed by atoms with Crippen molar-refractivity contribution in [2.75, 3.05) is 11.5 Å². The van der Waals surface area contributed by atoms with E-state index in [1.54, 1.807) is 11.8 Å². The lowest BCUT2D eigenvalue weighted by atomic mass is 10.5. The van der Waals surface area contributed by atoms with Gasteiger partial charge in [-0.05, 0) is 18.2 Å². The van der Waals surface area contributed by atoms with Crippen LogP contribution in [0, 0.1) is 0 Å². The van der Waals surface area contributed by atoms with Crippen LogP contribution in [0.5, 0.6) is 0 Å². The number of carbonyl (C=O) groups excluding carboxylic acids is 1. The van der Waals surface area contributed by atoms with Crippen LogP contribution in [0.2, 0.25) is 0 Å². The molecule has 0 spiro atoms. The maximum absolute atomic E-state index is 10.5. The fourth-order valence-corrected chi connectivity index (χ4v) is 1.13. The standard InChI is InChI=1S/C7H12OS/c1-3-5-9-6-7(8)4-2/h4H,2-3,5-6H2,1H3. The molecule has 0 bridgehead atoms. The molecule has 0 radical (unpaired) electrons. The topological polar surface area (TPSA) is 17.1 Å². The predicted molar refractivity (Wildman–Crippen MR) is 42.8 cm³/mol. The first-order chi connectivity index (χ1) is 4.31. The molecule has 0 saturated carbocycles. The molecule has 0 fully saturated rings. The summed E-state index contributed by atoms with van der Waals surface area (Å²) < 4.78 is 0. The Balaban J connectivity index is 3.07. The normalized spacial score (nSPS) is 9.00. The van der Waals surface area contributed by atoms with Crippen molar-refractivity contribution in [3.05, 3.63) is 12.7 Å². The van der Waals surface area contributed by atoms with Crippen LogP contribution < -0.4 is 0 Å². The Morgan fingerprint density at radius 1 is 1.78 bits per heavy atom. The largest absolute Gasteiger partial charge is 0.294 e. The first-order valence-corrected chi connectivity index (χ1v) is 4.19. The maximum Gasteiger partial charge on any atom is 0.164 e. The zero-order valence-electron chi connectivity index (χ0n) is 5.72. The highest BCUT2D eigenvalue weighted by Gasteiger charge is 1.92. The molecule has 0 amide bonds. The molecule has 0 aromatic carbocycles. The van der Waals surface area contributed by atoms with Gasteiger partial charge in [-0.1, -0.05) is 13.5 Å². The summed E-state index contributed by atoms with van der Waals surface area (Å²) in [5.74, 6) is 1.80. The molecule has 0 atom stereocenters. The van der Waals surface area contributed by atoms with E-state index in [0.717, 1.165) is 12.2 Å². The average molecular weight is 144 g/mol. The summed E-state index contributed by atoms with van der Waals surface area (Å²) in [6.07, 6.45) is 2.51. The van der Waals surface area contributed by atoms with Crippen LogP contribution in [0.1, 0.15) is 13.3 Å². The van der Waals surface area contributed by atoms with Crippen molar-refractivity contribution in [3.63, 3.8) is 0 Å². The number of carbonyl (C=O) groups is 1. The van der Waals surface area contributed by atoms with E-state index >= 15 is 0 Å². The van der Waals surface area contributed by atoms with Crippen molar-refractivity contribution in [3.8, 4) is 0 Å². The minimum atomic E-state index is 0.133. The van der Waals surface area contributed by atoms with E-state index < -0.39 is 0 Å². The minimum Gasteiger partial charge on any atom is -0.294 e. The van der Waals surface area contributed by atoms with Gasteiger partial charge in [0.2, 0.25) is 0 Å². The van der Waals surface area contributed by atoms with Gasteiger partial charge in [0.05, 0.1) is 5.75 Å². The zero-order valence-corrected chi connectivity index (χ0v) is 6.54. The summed E-state index contributed by atoms with van der Waals surface area (Å²) in [5, 5.41) is 0. The lowest BCUT2D eigenvalue weighted by molar-refractivity contribution is -0.112. The number of ketones is 1. The minimum absolute atomic E-state index is 0.133. The van der Waals surface area contributed by atoms with Crippen molar-refractivity contribution in [2.24, 2.45) is 0 Å². The Labute approximate surface area is 60.5 Å². The first kappa shape index (κ1) is 8.76. The van der Waals surface area contributed by atoms with E-state index in [0.29, 0.717) is 5.75 Å². The summed E-state index contributed by atoms with van der Waals surface area (Å²) >= 11 is 1.67. The Morgan fingerprint density at radius 3 is 2.89 bits per heavy atom. The van der Waals surface area contributed by atoms with Gasteiger partial charge in [0.25, 0.3) is 0 Å². The second-order valence-corrected chi connectivity index (χ2v) is 2.83. The average Bonchev–Trinajstić information content (AvgIpc) is 1.89. The lowest BCUT2D eigenvalue weighted by Crippen LogP contribution is -1.95. The predicted octanol–water partition coefficient (Wildman–Crippen LogP) is 1.88. The van der Waals surface area contributed by atoms with E-state index in [1.165, 1.54) is 6.08 Å². The molecule has 0 aromatic heterocycles. The van der Waals surface area contributed by atoms with Gasteiger partial charge in [-0.15, -0.1) is 0 Å². The molecule has 52 valence electrons. The zero-order chi connectivity index (χ0) is 7.11. The van der Waals surface area contributed by atoms with E-state index in [-0.39, 0.29) is 5.78 Å². The molecule has 1 nitrogen and oxygen atoms in total. The molecule has 0 N–H and O–H groups in total. The third kappa shape index (κ3) is 5.63. The number of thioether (sulfide) groups is 1. The smallest absolute Gasteiger partial charge is 0.164 e. The molecule has 0 aromatic rings. The van der Waals surface area contributed by atoms with Crippen LogP contribution >= 0.6 is 11.8 Å². The molecule has 9 heavy (non-hydrogen) atoms. The lowest BCUT2D eigenvalue weighted by Gasteiger charge is -1.92. The van der Waals surface area contributed by atoms with Crippen LogP contribution in [0.25, 0.3) is 0 Å². The Morgan fingerprint density at radius 2 is 2.44 bits per heavy atom. The van der Waals surface area contributed by atoms with Gasteiger partial charge in [0.1, 0.15) is 0 Å². The molecule has 0 aliphatic rings. The quantitative estimate of drug-likeness (QED) is 0.433. The SMILES string of the molecule is C=CC(=O)CSCCC. The highest BCUT2D eigenvalue weighted by Crippen LogP contribution is 2.01. The van der Waals surface area contributed by atoms with E-state index in [9.17, 15) is 4.79 Å². The third-order valence-corrected chi connectivity index (χ3v) is 2.01. The summed E-state index contributed by atoms with van der Waals surface area (Å²) in [6.45, 7) is 5.48. The van der Waals surface area contributed by atoms with Gasteiger partial charge >= 0.3 is 0 Å². The van der Waals surface area contributed by atoms with Crippen LogP contribution in [0.15, 0.2) is 12.7 Å². The van der Waals surface area contributed by atoms with E-state index in [1.807, 2.05) is 0 Å². The van der Waals surface area contributed by atoms with E-state index in [4.69, 9.17) is 0 Å². The monoisotopic (exact) mass is 144 g/mol. The third-order valence-electron chi connectivity index (χ3n) is 0.820. The molecule has 0 unspecified atom stereocenters. The fourth-order valence-electron chi connectivity index (χ4n) is 0.376. The van der Waals surface area contributed by atoms with Crippen molar-refractivity contribution < 1.29 is 4.79 Å². The van der Waals surface area contributed by atoms with Crippen molar-refractivity contribution in [1.29, 1.82) is 0 Å². The molecular weight excluding hydrogens is 132 g/mol. The summed E-state index contributed by atoms with van der Waals surface area (Å²) in [5.41, 5.74) is 0. The van der Waals surface area contributed by atoms with Gasteiger partial charge < -0.3 is 0 Å². The van der Waals surface area contributed by atoms with Crippen LogP contribution in [0.3, 0.4) is 0 Å². The number of rotatable bonds is 5. The second-order valence-electron chi connectivity index (χ2n) is 1.72. The fraction of sp³-hybridized carbons (Fsp3) is 0.571. The first-order valence-electron chi connectivity index (χ1n) is 3.04. The molecule has 2 heteroatoms. The Hall–Kier alpha value is -0.240.